The van der Waals surface area contributed by atoms with Gasteiger partial charge in [0, 0.05) is 44.0 Å². The van der Waals surface area contributed by atoms with Crippen molar-refractivity contribution in [2.75, 3.05) is 26.2 Å². The number of morpholine rings is 1. The lowest BCUT2D eigenvalue weighted by molar-refractivity contribution is -0.192. The zero-order valence-corrected chi connectivity index (χ0v) is 18.2. The van der Waals surface area contributed by atoms with Crippen LogP contribution in [0.15, 0.2) is 22.7 Å². The number of ether oxygens (including phenoxy) is 1. The van der Waals surface area contributed by atoms with Crippen molar-refractivity contribution in [3.05, 3.63) is 46.6 Å². The summed E-state index contributed by atoms with van der Waals surface area (Å²) < 4.78 is 43.1. The van der Waals surface area contributed by atoms with Gasteiger partial charge in [-0.15, -0.1) is 0 Å². The van der Waals surface area contributed by atoms with Crippen molar-refractivity contribution in [3.63, 3.8) is 0 Å². The monoisotopic (exact) mass is 456 g/mol. The van der Waals surface area contributed by atoms with Gasteiger partial charge in [0.2, 0.25) is 0 Å². The molecule has 32 heavy (non-hydrogen) atoms. The summed E-state index contributed by atoms with van der Waals surface area (Å²) in [5.41, 5.74) is 4.43. The summed E-state index contributed by atoms with van der Waals surface area (Å²) in [5.74, 6) is -1.83. The largest absolute Gasteiger partial charge is 0.490 e. The number of alkyl halides is 3. The fraction of sp³-hybridized carbons (Fsp3) is 0.571. The Bertz CT molecular complexity index is 915. The molecule has 2 aliphatic heterocycles. The van der Waals surface area contributed by atoms with Gasteiger partial charge < -0.3 is 14.4 Å². The summed E-state index contributed by atoms with van der Waals surface area (Å²) in [6, 6.07) is 6.66. The van der Waals surface area contributed by atoms with Crippen LogP contribution < -0.4 is 0 Å². The van der Waals surface area contributed by atoms with Gasteiger partial charge in [-0.1, -0.05) is 11.2 Å². The molecule has 8 nitrogen and oxygen atoms in total. The smallest absolute Gasteiger partial charge is 0.475 e. The van der Waals surface area contributed by atoms with Gasteiger partial charge in [0.05, 0.1) is 30.1 Å². The maximum atomic E-state index is 10.6. The molecular weight excluding hydrogens is 429 g/mol. The third-order valence-electron chi connectivity index (χ3n) is 5.61. The third-order valence-corrected chi connectivity index (χ3v) is 5.61. The van der Waals surface area contributed by atoms with Crippen molar-refractivity contribution in [2.45, 2.75) is 52.2 Å². The van der Waals surface area contributed by atoms with E-state index in [0.717, 1.165) is 62.2 Å². The van der Waals surface area contributed by atoms with Gasteiger partial charge in [0.15, 0.2) is 0 Å². The number of aliphatic carboxylic acids is 1. The predicted molar refractivity (Wildman–Crippen MR) is 108 cm³/mol. The molecule has 4 rings (SSSR count). The van der Waals surface area contributed by atoms with E-state index in [-0.39, 0.29) is 6.10 Å². The van der Waals surface area contributed by atoms with E-state index in [0.29, 0.717) is 6.04 Å². The summed E-state index contributed by atoms with van der Waals surface area (Å²) in [4.78, 5) is 18.5. The van der Waals surface area contributed by atoms with Crippen LogP contribution in [0, 0.1) is 20.8 Å². The lowest BCUT2D eigenvalue weighted by Gasteiger charge is -2.36. The number of likely N-dealkylation sites (tertiary alicyclic amines) is 1. The number of fused-ring (bicyclic) bond motifs is 1. The number of aryl methyl sites for hydroxylation is 3. The molecular formula is C21H27F3N4O4. The number of rotatable bonds is 4. The number of hydrogen-bond acceptors (Lipinski definition) is 7. The van der Waals surface area contributed by atoms with E-state index >= 15 is 0 Å². The van der Waals surface area contributed by atoms with E-state index in [2.05, 4.69) is 32.1 Å². The van der Waals surface area contributed by atoms with E-state index < -0.39 is 12.1 Å². The number of hydrogen-bond donors (Lipinski definition) is 1. The molecule has 2 atom stereocenters. The van der Waals surface area contributed by atoms with Gasteiger partial charge in [-0.25, -0.2) is 4.79 Å². The molecule has 0 bridgehead atoms. The molecule has 2 aromatic rings. The molecule has 0 unspecified atom stereocenters. The average molecular weight is 456 g/mol. The molecule has 0 amide bonds. The zero-order chi connectivity index (χ0) is 23.5. The van der Waals surface area contributed by atoms with Gasteiger partial charge in [-0.05, 0) is 32.9 Å². The maximum Gasteiger partial charge on any atom is 0.490 e. The summed E-state index contributed by atoms with van der Waals surface area (Å²) in [7, 11) is 0. The quantitative estimate of drug-likeness (QED) is 0.751. The van der Waals surface area contributed by atoms with Crippen LogP contribution in [-0.4, -0.2) is 75.6 Å². The second-order valence-corrected chi connectivity index (χ2v) is 8.02. The minimum absolute atomic E-state index is 0.277. The molecule has 2 aromatic heterocycles. The van der Waals surface area contributed by atoms with E-state index in [9.17, 15) is 13.2 Å². The summed E-state index contributed by atoms with van der Waals surface area (Å²) in [6.45, 7) is 11.6. The Labute approximate surface area is 183 Å². The van der Waals surface area contributed by atoms with Gasteiger partial charge >= 0.3 is 12.1 Å². The lowest BCUT2D eigenvalue weighted by Crippen LogP contribution is -2.50. The van der Waals surface area contributed by atoms with Crippen LogP contribution in [0.3, 0.4) is 0 Å². The molecule has 2 saturated heterocycles. The van der Waals surface area contributed by atoms with Crippen LogP contribution in [0.1, 0.15) is 28.4 Å². The highest BCUT2D eigenvalue weighted by Gasteiger charge is 2.40. The molecule has 0 aromatic carbocycles. The molecule has 0 spiro atoms. The van der Waals surface area contributed by atoms with Crippen molar-refractivity contribution >= 4 is 5.97 Å². The number of aromatic nitrogens is 2. The van der Waals surface area contributed by atoms with Crippen molar-refractivity contribution in [1.29, 1.82) is 0 Å². The number of carboxylic acids is 1. The molecule has 4 heterocycles. The van der Waals surface area contributed by atoms with Crippen molar-refractivity contribution in [1.82, 2.24) is 19.9 Å². The Morgan fingerprint density at radius 2 is 1.94 bits per heavy atom. The third kappa shape index (κ3) is 6.05. The Morgan fingerprint density at radius 3 is 2.53 bits per heavy atom. The van der Waals surface area contributed by atoms with Gasteiger partial charge in [-0.2, -0.15) is 13.2 Å². The van der Waals surface area contributed by atoms with E-state index in [4.69, 9.17) is 19.2 Å². The number of nitrogens with zero attached hydrogens (tertiary/aromatic N) is 4. The summed E-state index contributed by atoms with van der Waals surface area (Å²) >= 11 is 0. The zero-order valence-electron chi connectivity index (χ0n) is 18.2. The number of carbonyl (C=O) groups is 1. The van der Waals surface area contributed by atoms with Crippen LogP contribution in [0.25, 0.3) is 0 Å². The number of carboxylic acid groups (broad SMARTS) is 1. The van der Waals surface area contributed by atoms with Crippen LogP contribution in [0.5, 0.6) is 0 Å². The maximum absolute atomic E-state index is 10.6. The van der Waals surface area contributed by atoms with Crippen LogP contribution in [0.4, 0.5) is 13.2 Å². The molecule has 11 heteroatoms. The summed E-state index contributed by atoms with van der Waals surface area (Å²) in [6.07, 6.45) is -4.81. The molecule has 0 radical (unpaired) electrons. The standard InChI is InChI=1S/C19H26N4O2.C2HF3O2/c1-13-5-4-6-16(20-13)9-22-11-18-19(12-22)24-8-7-23(18)10-17-14(2)21-25-15(17)3;3-2(4,5)1(6)7/h4-6,18-19H,7-12H2,1-3H3;(H,6,7)/t18-,19+;/m1./s1. The fourth-order valence-electron chi connectivity index (χ4n) is 4.01. The first-order valence-electron chi connectivity index (χ1n) is 10.3. The van der Waals surface area contributed by atoms with E-state index in [1.807, 2.05) is 26.8 Å². The van der Waals surface area contributed by atoms with Crippen LogP contribution in [-0.2, 0) is 22.6 Å². The molecule has 2 fully saturated rings. The summed E-state index contributed by atoms with van der Waals surface area (Å²) in [5, 5.41) is 11.2. The van der Waals surface area contributed by atoms with Crippen LogP contribution in [0.2, 0.25) is 0 Å². The van der Waals surface area contributed by atoms with E-state index in [1.165, 1.54) is 5.56 Å². The Hall–Kier alpha value is -2.50. The molecule has 0 saturated carbocycles. The molecule has 176 valence electrons. The molecule has 2 aliphatic rings. The van der Waals surface area contributed by atoms with Crippen molar-refractivity contribution in [3.8, 4) is 0 Å². The lowest BCUT2D eigenvalue weighted by atomic mass is 10.1. The molecule has 0 aliphatic carbocycles. The second-order valence-electron chi connectivity index (χ2n) is 8.02. The highest BCUT2D eigenvalue weighted by atomic mass is 19.4. The normalized spacial score (nSPS) is 21.7. The number of halogens is 3. The van der Waals surface area contributed by atoms with E-state index in [1.54, 1.807) is 0 Å². The number of pyridine rings is 1. The Balaban J connectivity index is 0.000000360. The highest BCUT2D eigenvalue weighted by molar-refractivity contribution is 5.73. The van der Waals surface area contributed by atoms with Crippen molar-refractivity contribution in [2.24, 2.45) is 0 Å². The minimum atomic E-state index is -5.08. The first kappa shape index (κ1) is 24.1. The van der Waals surface area contributed by atoms with Gasteiger partial charge in [0.1, 0.15) is 5.76 Å². The fourth-order valence-corrected chi connectivity index (χ4v) is 4.01. The first-order chi connectivity index (χ1) is 15.0. The van der Waals surface area contributed by atoms with Gasteiger partial charge in [0.25, 0.3) is 0 Å². The first-order valence-corrected chi connectivity index (χ1v) is 10.3. The van der Waals surface area contributed by atoms with Gasteiger partial charge in [-0.3, -0.25) is 14.8 Å². The molecule has 1 N–H and O–H groups in total. The highest BCUT2D eigenvalue weighted by Crippen LogP contribution is 2.27. The minimum Gasteiger partial charge on any atom is -0.475 e. The topological polar surface area (TPSA) is 91.9 Å². The predicted octanol–water partition coefficient (Wildman–Crippen LogP) is 2.71. The Kier molecular flexibility index (Phi) is 7.52. The van der Waals surface area contributed by atoms with Crippen LogP contribution >= 0.6 is 0 Å². The Morgan fingerprint density at radius 1 is 1.22 bits per heavy atom. The second kappa shape index (κ2) is 9.97. The van der Waals surface area contributed by atoms with Crippen molar-refractivity contribution < 1.29 is 32.3 Å². The average Bonchev–Trinajstić information content (AvgIpc) is 3.26. The SMILES string of the molecule is Cc1cccc(CN2C[C@@H]3OCCN(Cc4c(C)noc4C)[C@@H]3C2)n1.O=C(O)C(F)(F)F.